The third-order valence-corrected chi connectivity index (χ3v) is 8.98. The molecule has 12 heteroatoms. The molecule has 7 rings (SSSR count). The molecule has 2 aliphatic carbocycles. The van der Waals surface area contributed by atoms with Gasteiger partial charge in [0.05, 0.1) is 25.4 Å². The summed E-state index contributed by atoms with van der Waals surface area (Å²) >= 11 is 0. The monoisotopic (exact) mass is 603 g/mol. The predicted molar refractivity (Wildman–Crippen MR) is 155 cm³/mol. The SMILES string of the molecule is COc1cc(C(=O)NCC(O)(c2cc3c(c(-c4ccc(F)cc4)n2)OC[C@]3(CF)C(N)=O)C2CC2)cc2cn(C3CC3)nc12. The first-order valence-corrected chi connectivity index (χ1v) is 14.5. The highest BCUT2D eigenvalue weighted by atomic mass is 19.1. The van der Waals surface area contributed by atoms with Crippen LogP contribution in [0, 0.1) is 11.7 Å². The number of ether oxygens (including phenoxy) is 2. The maximum absolute atomic E-state index is 14.5. The van der Waals surface area contributed by atoms with E-state index in [1.807, 2.05) is 10.9 Å². The molecule has 228 valence electrons. The second kappa shape index (κ2) is 10.3. The Morgan fingerprint density at radius 2 is 1.95 bits per heavy atom. The Kier molecular flexibility index (Phi) is 6.58. The summed E-state index contributed by atoms with van der Waals surface area (Å²) in [5, 5.41) is 20.4. The number of fused-ring (bicyclic) bond motifs is 2. The van der Waals surface area contributed by atoms with Crippen molar-refractivity contribution >= 4 is 22.7 Å². The summed E-state index contributed by atoms with van der Waals surface area (Å²) in [5.74, 6) is -1.49. The summed E-state index contributed by atoms with van der Waals surface area (Å²) in [6.07, 6.45) is 5.34. The highest BCUT2D eigenvalue weighted by Gasteiger charge is 2.52. The molecule has 10 nitrogen and oxygen atoms in total. The quantitative estimate of drug-likeness (QED) is 0.251. The standard InChI is InChI=1S/C32H31F2N5O5/c1-43-24-11-18(10-19-13-39(22-8-9-22)38-26(19)24)29(40)36-15-32(42,20-4-5-20)25-12-23-28(44-16-31(23,14-33)30(35)41)27(37-25)17-2-6-21(34)7-3-17/h2-3,6-7,10-13,20,22,42H,4-5,8-9,14-16H2,1H3,(H2,35,41)(H,36,40)/t31-,32?/m0/s1. The first-order chi connectivity index (χ1) is 21.2. The van der Waals surface area contributed by atoms with Crippen LogP contribution in [0.1, 0.15) is 53.3 Å². The number of alkyl halides is 1. The number of amides is 2. The summed E-state index contributed by atoms with van der Waals surface area (Å²) in [5.41, 5.74) is 4.15. The maximum atomic E-state index is 14.5. The smallest absolute Gasteiger partial charge is 0.251 e. The zero-order valence-electron chi connectivity index (χ0n) is 24.0. The van der Waals surface area contributed by atoms with Crippen LogP contribution in [0.4, 0.5) is 8.78 Å². The van der Waals surface area contributed by atoms with Crippen LogP contribution in [0.5, 0.6) is 11.5 Å². The number of carbonyl (C=O) groups excluding carboxylic acids is 2. The number of nitrogens with two attached hydrogens (primary N) is 1. The lowest BCUT2D eigenvalue weighted by Crippen LogP contribution is -2.46. The van der Waals surface area contributed by atoms with Gasteiger partial charge in [0.2, 0.25) is 5.91 Å². The van der Waals surface area contributed by atoms with Gasteiger partial charge in [0.1, 0.15) is 52.8 Å². The van der Waals surface area contributed by atoms with Gasteiger partial charge in [-0.05, 0) is 74.1 Å². The highest BCUT2D eigenvalue weighted by Crippen LogP contribution is 2.50. The number of nitrogens with zero attached hydrogens (tertiary/aromatic N) is 3. The molecule has 2 amide bonds. The van der Waals surface area contributed by atoms with Crippen molar-refractivity contribution in [2.45, 2.75) is 42.7 Å². The molecule has 3 aliphatic rings. The first kappa shape index (κ1) is 28.2. The molecule has 1 aliphatic heterocycles. The average Bonchev–Trinajstić information content (AvgIpc) is 3.97. The molecule has 4 aromatic rings. The summed E-state index contributed by atoms with van der Waals surface area (Å²) in [6.45, 7) is -1.68. The van der Waals surface area contributed by atoms with Crippen LogP contribution in [0.25, 0.3) is 22.2 Å². The molecule has 2 atom stereocenters. The van der Waals surface area contributed by atoms with Crippen molar-refractivity contribution in [1.82, 2.24) is 20.1 Å². The van der Waals surface area contributed by atoms with Crippen LogP contribution >= 0.6 is 0 Å². The zero-order chi connectivity index (χ0) is 30.8. The minimum atomic E-state index is -1.79. The normalized spacial score (nSPS) is 20.5. The molecular formula is C32H31F2N5O5. The van der Waals surface area contributed by atoms with E-state index < -0.39 is 35.3 Å². The van der Waals surface area contributed by atoms with Gasteiger partial charge in [-0.15, -0.1) is 0 Å². The minimum absolute atomic E-state index is 0.127. The topological polar surface area (TPSA) is 142 Å². The molecule has 0 bridgehead atoms. The van der Waals surface area contributed by atoms with Gasteiger partial charge < -0.3 is 25.6 Å². The number of rotatable bonds is 10. The number of hydrogen-bond acceptors (Lipinski definition) is 7. The van der Waals surface area contributed by atoms with Gasteiger partial charge in [0, 0.05) is 28.3 Å². The Labute approximate surface area is 251 Å². The number of benzene rings is 2. The number of pyridine rings is 1. The number of nitrogens with one attached hydrogen (secondary N) is 1. The molecule has 2 fully saturated rings. The highest BCUT2D eigenvalue weighted by molar-refractivity contribution is 6.00. The van der Waals surface area contributed by atoms with Gasteiger partial charge in [-0.1, -0.05) is 0 Å². The van der Waals surface area contributed by atoms with Gasteiger partial charge in [-0.25, -0.2) is 13.8 Å². The van der Waals surface area contributed by atoms with Crippen molar-refractivity contribution < 1.29 is 33.0 Å². The maximum Gasteiger partial charge on any atom is 0.251 e. The molecular weight excluding hydrogens is 572 g/mol. The van der Waals surface area contributed by atoms with E-state index in [0.29, 0.717) is 41.3 Å². The van der Waals surface area contributed by atoms with Crippen LogP contribution in [0.15, 0.2) is 48.7 Å². The van der Waals surface area contributed by atoms with Crippen LogP contribution in [-0.2, 0) is 15.8 Å². The molecule has 0 saturated heterocycles. The lowest BCUT2D eigenvalue weighted by atomic mass is 9.80. The van der Waals surface area contributed by atoms with Gasteiger partial charge in [-0.2, -0.15) is 5.10 Å². The Morgan fingerprint density at radius 1 is 1.20 bits per heavy atom. The largest absolute Gasteiger partial charge is 0.494 e. The number of methoxy groups -OCH3 is 1. The summed E-state index contributed by atoms with van der Waals surface area (Å²) in [7, 11) is 1.52. The number of halogens is 2. The van der Waals surface area contributed by atoms with Crippen molar-refractivity contribution in [2.24, 2.45) is 11.7 Å². The summed E-state index contributed by atoms with van der Waals surface area (Å²) in [4.78, 5) is 30.8. The van der Waals surface area contributed by atoms with E-state index in [4.69, 9.17) is 20.2 Å². The number of hydrogen-bond donors (Lipinski definition) is 3. The fourth-order valence-corrected chi connectivity index (χ4v) is 5.97. The lowest BCUT2D eigenvalue weighted by molar-refractivity contribution is -0.124. The van der Waals surface area contributed by atoms with E-state index in [1.165, 1.54) is 37.4 Å². The Bertz CT molecular complexity index is 1800. The van der Waals surface area contributed by atoms with Crippen molar-refractivity contribution in [3.05, 3.63) is 71.3 Å². The first-order valence-electron chi connectivity index (χ1n) is 14.5. The molecule has 2 aromatic heterocycles. The molecule has 1 unspecified atom stereocenters. The second-order valence-electron chi connectivity index (χ2n) is 11.9. The second-order valence-corrected chi connectivity index (χ2v) is 11.9. The predicted octanol–water partition coefficient (Wildman–Crippen LogP) is 3.69. The molecule has 2 saturated carbocycles. The number of carbonyl (C=O) groups is 2. The van der Waals surface area contributed by atoms with Crippen LogP contribution in [0.3, 0.4) is 0 Å². The van der Waals surface area contributed by atoms with Gasteiger partial charge in [0.15, 0.2) is 0 Å². The van der Waals surface area contributed by atoms with E-state index in [-0.39, 0.29) is 41.8 Å². The Morgan fingerprint density at radius 3 is 2.59 bits per heavy atom. The van der Waals surface area contributed by atoms with Crippen LogP contribution in [-0.4, -0.2) is 58.6 Å². The third-order valence-electron chi connectivity index (χ3n) is 8.98. The Hall–Kier alpha value is -4.58. The molecule has 0 spiro atoms. The van der Waals surface area contributed by atoms with Crippen LogP contribution < -0.4 is 20.5 Å². The third kappa shape index (κ3) is 4.55. The van der Waals surface area contributed by atoms with Gasteiger partial charge >= 0.3 is 0 Å². The minimum Gasteiger partial charge on any atom is -0.494 e. The molecule has 2 aromatic carbocycles. The van der Waals surface area contributed by atoms with E-state index in [9.17, 15) is 23.5 Å². The van der Waals surface area contributed by atoms with Crippen molar-refractivity contribution in [1.29, 1.82) is 0 Å². The molecule has 44 heavy (non-hydrogen) atoms. The lowest BCUT2D eigenvalue weighted by Gasteiger charge is -2.30. The van der Waals surface area contributed by atoms with Gasteiger partial charge in [0.25, 0.3) is 5.91 Å². The van der Waals surface area contributed by atoms with Crippen molar-refractivity contribution in [3.63, 3.8) is 0 Å². The number of aliphatic hydroxyl groups is 1. The van der Waals surface area contributed by atoms with E-state index >= 15 is 0 Å². The fourth-order valence-electron chi connectivity index (χ4n) is 5.97. The summed E-state index contributed by atoms with van der Waals surface area (Å²) in [6, 6.07) is 10.6. The van der Waals surface area contributed by atoms with Crippen molar-refractivity contribution in [3.8, 4) is 22.8 Å². The molecule has 0 radical (unpaired) electrons. The summed E-state index contributed by atoms with van der Waals surface area (Å²) < 4.78 is 41.5. The zero-order valence-corrected chi connectivity index (χ0v) is 24.0. The number of aromatic nitrogens is 3. The Balaban J connectivity index is 1.26. The van der Waals surface area contributed by atoms with E-state index in [0.717, 1.165) is 18.2 Å². The van der Waals surface area contributed by atoms with E-state index in [1.54, 1.807) is 12.1 Å². The average molecular weight is 604 g/mol. The van der Waals surface area contributed by atoms with E-state index in [2.05, 4.69) is 10.4 Å². The number of primary amides is 1. The van der Waals surface area contributed by atoms with Gasteiger partial charge in [-0.3, -0.25) is 14.3 Å². The van der Waals surface area contributed by atoms with Crippen molar-refractivity contribution in [2.75, 3.05) is 26.9 Å². The fraction of sp³-hybridized carbons (Fsp3) is 0.375. The molecule has 3 heterocycles. The molecule has 4 N–H and O–H groups in total. The van der Waals surface area contributed by atoms with Crippen LogP contribution in [0.2, 0.25) is 0 Å².